The monoisotopic (exact) mass is 237 g/mol. The first-order valence-corrected chi connectivity index (χ1v) is 5.31. The van der Waals surface area contributed by atoms with Gasteiger partial charge in [0.1, 0.15) is 0 Å². The van der Waals surface area contributed by atoms with Crippen LogP contribution in [0.2, 0.25) is 5.15 Å². The zero-order valence-electron chi connectivity index (χ0n) is 8.90. The molecule has 0 bridgehead atoms. The summed E-state index contributed by atoms with van der Waals surface area (Å²) in [5.74, 6) is 2.18. The van der Waals surface area contributed by atoms with Crippen molar-refractivity contribution in [2.24, 2.45) is 0 Å². The van der Waals surface area contributed by atoms with Gasteiger partial charge in [0.2, 0.25) is 0 Å². The maximum atomic E-state index is 11.6. The highest BCUT2D eigenvalue weighted by molar-refractivity contribution is 6.29. The molecule has 0 aliphatic carbocycles. The number of nitrogens with zero attached hydrogens (tertiary/aromatic N) is 2. The second kappa shape index (κ2) is 6.09. The lowest BCUT2D eigenvalue weighted by molar-refractivity contribution is 0.0938. The predicted molar refractivity (Wildman–Crippen MR) is 62.0 cm³/mol. The molecule has 1 atom stereocenters. The molecule has 1 heterocycles. The third-order valence-corrected chi connectivity index (χ3v) is 2.15. The Morgan fingerprint density at radius 1 is 1.62 bits per heavy atom. The summed E-state index contributed by atoms with van der Waals surface area (Å²) in [6, 6.07) is 2.74. The summed E-state index contributed by atoms with van der Waals surface area (Å²) >= 11 is 5.56. The van der Waals surface area contributed by atoms with E-state index >= 15 is 0 Å². The molecule has 4 nitrogen and oxygen atoms in total. The number of nitrogens with one attached hydrogen (secondary N) is 1. The standard InChI is InChI=1S/C11H12ClN3O/c1-3-5-8(4-2)13-11(16)9-6-7-10(12)15-14-9/h2,6-8H,3,5H2,1H3,(H,13,16). The van der Waals surface area contributed by atoms with Gasteiger partial charge in [0.05, 0.1) is 6.04 Å². The van der Waals surface area contributed by atoms with Gasteiger partial charge in [-0.25, -0.2) is 0 Å². The van der Waals surface area contributed by atoms with Crippen molar-refractivity contribution in [2.75, 3.05) is 0 Å². The van der Waals surface area contributed by atoms with Crippen LogP contribution in [0, 0.1) is 12.3 Å². The van der Waals surface area contributed by atoms with Gasteiger partial charge in [-0.1, -0.05) is 30.9 Å². The molecule has 0 saturated carbocycles. The first-order chi connectivity index (χ1) is 7.67. The minimum absolute atomic E-state index is 0.209. The topological polar surface area (TPSA) is 54.9 Å². The van der Waals surface area contributed by atoms with Crippen molar-refractivity contribution >= 4 is 17.5 Å². The van der Waals surface area contributed by atoms with Gasteiger partial charge in [-0.15, -0.1) is 16.6 Å². The van der Waals surface area contributed by atoms with Gasteiger partial charge in [-0.3, -0.25) is 4.79 Å². The highest BCUT2D eigenvalue weighted by atomic mass is 35.5. The fourth-order valence-corrected chi connectivity index (χ4v) is 1.26. The number of hydrogen-bond donors (Lipinski definition) is 1. The molecule has 1 rings (SSSR count). The lowest BCUT2D eigenvalue weighted by Gasteiger charge is -2.10. The van der Waals surface area contributed by atoms with Crippen LogP contribution in [0.15, 0.2) is 12.1 Å². The van der Waals surface area contributed by atoms with Gasteiger partial charge in [-0.05, 0) is 18.6 Å². The molecule has 1 aromatic rings. The van der Waals surface area contributed by atoms with Crippen LogP contribution in [0.25, 0.3) is 0 Å². The van der Waals surface area contributed by atoms with Crippen molar-refractivity contribution in [3.05, 3.63) is 23.0 Å². The molecule has 5 heteroatoms. The molecule has 0 radical (unpaired) electrons. The molecule has 0 saturated heterocycles. The van der Waals surface area contributed by atoms with Crippen LogP contribution in [0.4, 0.5) is 0 Å². The van der Waals surface area contributed by atoms with E-state index in [-0.39, 0.29) is 22.8 Å². The lowest BCUT2D eigenvalue weighted by atomic mass is 10.2. The third-order valence-electron chi connectivity index (χ3n) is 1.95. The van der Waals surface area contributed by atoms with E-state index in [9.17, 15) is 4.79 Å². The van der Waals surface area contributed by atoms with E-state index in [1.807, 2.05) is 6.92 Å². The Labute approximate surface area is 99.4 Å². The zero-order valence-corrected chi connectivity index (χ0v) is 9.66. The number of carbonyl (C=O) groups excluding carboxylic acids is 1. The van der Waals surface area contributed by atoms with Crippen molar-refractivity contribution in [2.45, 2.75) is 25.8 Å². The van der Waals surface area contributed by atoms with E-state index in [1.165, 1.54) is 12.1 Å². The Morgan fingerprint density at radius 3 is 2.88 bits per heavy atom. The van der Waals surface area contributed by atoms with Crippen LogP contribution in [0.5, 0.6) is 0 Å². The maximum Gasteiger partial charge on any atom is 0.272 e. The van der Waals surface area contributed by atoms with Crippen molar-refractivity contribution in [3.63, 3.8) is 0 Å². The first kappa shape index (κ1) is 12.5. The molecule has 1 N–H and O–H groups in total. The van der Waals surface area contributed by atoms with E-state index in [0.29, 0.717) is 0 Å². The van der Waals surface area contributed by atoms with Crippen molar-refractivity contribution in [1.29, 1.82) is 0 Å². The predicted octanol–water partition coefficient (Wildman–Crippen LogP) is 1.66. The highest BCUT2D eigenvalue weighted by Crippen LogP contribution is 2.03. The van der Waals surface area contributed by atoms with E-state index in [2.05, 4.69) is 21.4 Å². The highest BCUT2D eigenvalue weighted by Gasteiger charge is 2.12. The number of terminal acetylenes is 1. The van der Waals surface area contributed by atoms with Crippen LogP contribution in [-0.2, 0) is 0 Å². The quantitative estimate of drug-likeness (QED) is 0.811. The van der Waals surface area contributed by atoms with E-state index < -0.39 is 0 Å². The Morgan fingerprint density at radius 2 is 2.38 bits per heavy atom. The number of amides is 1. The first-order valence-electron chi connectivity index (χ1n) is 4.93. The summed E-state index contributed by atoms with van der Waals surface area (Å²) in [4.78, 5) is 11.6. The van der Waals surface area contributed by atoms with Crippen LogP contribution >= 0.6 is 11.6 Å². The summed E-state index contributed by atoms with van der Waals surface area (Å²) in [5, 5.41) is 10.2. The van der Waals surface area contributed by atoms with Gasteiger partial charge in [0, 0.05) is 0 Å². The smallest absolute Gasteiger partial charge is 0.272 e. The minimum atomic E-state index is -0.333. The average molecular weight is 238 g/mol. The van der Waals surface area contributed by atoms with E-state index in [4.69, 9.17) is 18.0 Å². The maximum absolute atomic E-state index is 11.6. The number of hydrogen-bond acceptors (Lipinski definition) is 3. The van der Waals surface area contributed by atoms with Gasteiger partial charge in [0.15, 0.2) is 10.8 Å². The van der Waals surface area contributed by atoms with Crippen molar-refractivity contribution < 1.29 is 4.79 Å². The molecule has 1 aromatic heterocycles. The summed E-state index contributed by atoms with van der Waals surface area (Å²) in [6.07, 6.45) is 6.93. The normalized spacial score (nSPS) is 11.6. The summed E-state index contributed by atoms with van der Waals surface area (Å²) in [5.41, 5.74) is 0.209. The van der Waals surface area contributed by atoms with Crippen LogP contribution in [0.3, 0.4) is 0 Å². The van der Waals surface area contributed by atoms with Crippen molar-refractivity contribution in [1.82, 2.24) is 15.5 Å². The summed E-state index contributed by atoms with van der Waals surface area (Å²) in [7, 11) is 0. The van der Waals surface area contributed by atoms with Crippen LogP contribution in [0.1, 0.15) is 30.3 Å². The SMILES string of the molecule is C#CC(CCC)NC(=O)c1ccc(Cl)nn1. The average Bonchev–Trinajstić information content (AvgIpc) is 2.29. The molecule has 84 valence electrons. The molecule has 1 unspecified atom stereocenters. The van der Waals surface area contributed by atoms with E-state index in [0.717, 1.165) is 12.8 Å². The molecular formula is C11H12ClN3O. The molecule has 16 heavy (non-hydrogen) atoms. The second-order valence-electron chi connectivity index (χ2n) is 3.22. The molecule has 0 spiro atoms. The second-order valence-corrected chi connectivity index (χ2v) is 3.61. The Kier molecular flexibility index (Phi) is 4.74. The minimum Gasteiger partial charge on any atom is -0.337 e. The fourth-order valence-electron chi connectivity index (χ4n) is 1.16. The molecule has 0 aromatic carbocycles. The Hall–Kier alpha value is -1.60. The number of carbonyl (C=O) groups is 1. The van der Waals surface area contributed by atoms with E-state index in [1.54, 1.807) is 0 Å². The molecule has 0 aliphatic heterocycles. The molecule has 0 aliphatic rings. The lowest BCUT2D eigenvalue weighted by Crippen LogP contribution is -2.34. The third kappa shape index (κ3) is 3.52. The van der Waals surface area contributed by atoms with Gasteiger partial charge in [0.25, 0.3) is 5.91 Å². The Balaban J connectivity index is 2.65. The summed E-state index contributed by atoms with van der Waals surface area (Å²) in [6.45, 7) is 2.00. The van der Waals surface area contributed by atoms with Crippen molar-refractivity contribution in [3.8, 4) is 12.3 Å². The van der Waals surface area contributed by atoms with Gasteiger partial charge < -0.3 is 5.32 Å². The Bertz CT molecular complexity index is 397. The fraction of sp³-hybridized carbons (Fsp3) is 0.364. The number of halogens is 1. The number of rotatable bonds is 4. The number of aromatic nitrogens is 2. The van der Waals surface area contributed by atoms with Crippen LogP contribution in [-0.4, -0.2) is 22.1 Å². The molecule has 0 fully saturated rings. The van der Waals surface area contributed by atoms with Gasteiger partial charge in [-0.2, -0.15) is 0 Å². The van der Waals surface area contributed by atoms with Gasteiger partial charge >= 0.3 is 0 Å². The molecular weight excluding hydrogens is 226 g/mol. The molecule has 1 amide bonds. The van der Waals surface area contributed by atoms with Crippen LogP contribution < -0.4 is 5.32 Å². The largest absolute Gasteiger partial charge is 0.337 e. The summed E-state index contributed by atoms with van der Waals surface area (Å²) < 4.78 is 0. The zero-order chi connectivity index (χ0) is 12.0.